The zero-order valence-electron chi connectivity index (χ0n) is 10.1. The molecule has 3 nitrogen and oxygen atoms in total. The Labute approximate surface area is 105 Å². The maximum absolute atomic E-state index is 12.0. The van der Waals surface area contributed by atoms with Crippen LogP contribution in [0.3, 0.4) is 0 Å². The van der Waals surface area contributed by atoms with E-state index in [0.29, 0.717) is 0 Å². The lowest BCUT2D eigenvalue weighted by molar-refractivity contribution is 0.102. The molecule has 0 aromatic carbocycles. The molecule has 1 N–H and O–H groups in total. The summed E-state index contributed by atoms with van der Waals surface area (Å²) in [7, 11) is 0. The average molecular weight is 246 g/mol. The number of thiophene rings is 1. The van der Waals surface area contributed by atoms with Crippen LogP contribution in [0, 0.1) is 20.8 Å². The van der Waals surface area contributed by atoms with Crippen LogP contribution < -0.4 is 5.32 Å². The molecule has 0 aliphatic heterocycles. The van der Waals surface area contributed by atoms with E-state index in [1.165, 1.54) is 4.88 Å². The lowest BCUT2D eigenvalue weighted by Gasteiger charge is -2.05. The van der Waals surface area contributed by atoms with E-state index in [1.807, 2.05) is 32.2 Å². The maximum atomic E-state index is 12.0. The van der Waals surface area contributed by atoms with Crippen molar-refractivity contribution in [3.8, 4) is 0 Å². The van der Waals surface area contributed by atoms with Crippen molar-refractivity contribution in [2.75, 3.05) is 5.32 Å². The predicted octanol–water partition coefficient (Wildman–Crippen LogP) is 3.32. The first-order chi connectivity index (χ1) is 8.08. The van der Waals surface area contributed by atoms with Crippen LogP contribution in [0.5, 0.6) is 0 Å². The molecule has 0 aliphatic carbocycles. The standard InChI is InChI=1S/C13H14N2OS/c1-8-6-11(4-5-14-8)15-13(16)12-7-17-10(3)9(12)2/h4-7H,1-3H3,(H,14,15,16). The quantitative estimate of drug-likeness (QED) is 0.883. The molecule has 4 heteroatoms. The highest BCUT2D eigenvalue weighted by molar-refractivity contribution is 7.10. The lowest BCUT2D eigenvalue weighted by Crippen LogP contribution is -2.12. The molecule has 0 unspecified atom stereocenters. The fourth-order valence-electron chi connectivity index (χ4n) is 1.56. The number of rotatable bonds is 2. The number of nitrogens with one attached hydrogen (secondary N) is 1. The highest BCUT2D eigenvalue weighted by Gasteiger charge is 2.12. The molecule has 2 heterocycles. The second-order valence-electron chi connectivity index (χ2n) is 3.97. The molecule has 0 saturated carbocycles. The average Bonchev–Trinajstić information content (AvgIpc) is 2.60. The van der Waals surface area contributed by atoms with Crippen LogP contribution in [0.4, 0.5) is 5.69 Å². The number of nitrogens with zero attached hydrogens (tertiary/aromatic N) is 1. The summed E-state index contributed by atoms with van der Waals surface area (Å²) in [6.07, 6.45) is 1.69. The van der Waals surface area contributed by atoms with Gasteiger partial charge in [-0.05, 0) is 38.5 Å². The van der Waals surface area contributed by atoms with Gasteiger partial charge in [0.15, 0.2) is 0 Å². The Balaban J connectivity index is 2.20. The van der Waals surface area contributed by atoms with Crippen molar-refractivity contribution in [1.82, 2.24) is 4.98 Å². The first kappa shape index (κ1) is 11.8. The van der Waals surface area contributed by atoms with E-state index < -0.39 is 0 Å². The van der Waals surface area contributed by atoms with Crippen LogP contribution >= 0.6 is 11.3 Å². The van der Waals surface area contributed by atoms with Gasteiger partial charge in [0.25, 0.3) is 5.91 Å². The lowest BCUT2D eigenvalue weighted by atomic mass is 10.1. The highest BCUT2D eigenvalue weighted by atomic mass is 32.1. The molecular formula is C13H14N2OS. The normalized spacial score (nSPS) is 10.3. The second-order valence-corrected chi connectivity index (χ2v) is 5.05. The smallest absolute Gasteiger partial charge is 0.256 e. The van der Waals surface area contributed by atoms with Gasteiger partial charge in [-0.15, -0.1) is 11.3 Å². The van der Waals surface area contributed by atoms with Gasteiger partial charge in [0, 0.05) is 27.8 Å². The Hall–Kier alpha value is -1.68. The Morgan fingerprint density at radius 1 is 1.35 bits per heavy atom. The third kappa shape index (κ3) is 2.53. The summed E-state index contributed by atoms with van der Waals surface area (Å²) < 4.78 is 0. The molecular weight excluding hydrogens is 232 g/mol. The Kier molecular flexibility index (Phi) is 3.24. The number of aryl methyl sites for hydroxylation is 2. The van der Waals surface area contributed by atoms with Crippen LogP contribution in [0.25, 0.3) is 0 Å². The van der Waals surface area contributed by atoms with Gasteiger partial charge in [-0.1, -0.05) is 0 Å². The summed E-state index contributed by atoms with van der Waals surface area (Å²) >= 11 is 1.60. The molecule has 17 heavy (non-hydrogen) atoms. The molecule has 0 saturated heterocycles. The minimum Gasteiger partial charge on any atom is -0.322 e. The third-order valence-corrected chi connectivity index (χ3v) is 3.70. The summed E-state index contributed by atoms with van der Waals surface area (Å²) in [5, 5.41) is 4.78. The second kappa shape index (κ2) is 4.67. The van der Waals surface area contributed by atoms with Gasteiger partial charge in [-0.2, -0.15) is 0 Å². The van der Waals surface area contributed by atoms with Crippen LogP contribution in [0.2, 0.25) is 0 Å². The minimum absolute atomic E-state index is 0.0579. The van der Waals surface area contributed by atoms with Gasteiger partial charge in [-0.25, -0.2) is 0 Å². The molecule has 0 bridgehead atoms. The number of hydrogen-bond acceptors (Lipinski definition) is 3. The number of aromatic nitrogens is 1. The topological polar surface area (TPSA) is 42.0 Å². The summed E-state index contributed by atoms with van der Waals surface area (Å²) in [5.41, 5.74) is 3.48. The van der Waals surface area contributed by atoms with Crippen LogP contribution in [-0.4, -0.2) is 10.9 Å². The van der Waals surface area contributed by atoms with E-state index in [1.54, 1.807) is 23.6 Å². The van der Waals surface area contributed by atoms with Gasteiger partial charge in [0.1, 0.15) is 0 Å². The number of carbonyl (C=O) groups is 1. The van der Waals surface area contributed by atoms with Gasteiger partial charge < -0.3 is 5.32 Å². The molecule has 2 aromatic rings. The largest absolute Gasteiger partial charge is 0.322 e. The van der Waals surface area contributed by atoms with Crippen molar-refractivity contribution in [3.63, 3.8) is 0 Å². The number of pyridine rings is 1. The van der Waals surface area contributed by atoms with E-state index in [4.69, 9.17) is 0 Å². The van der Waals surface area contributed by atoms with Gasteiger partial charge >= 0.3 is 0 Å². The van der Waals surface area contributed by atoms with Crippen molar-refractivity contribution in [2.24, 2.45) is 0 Å². The van der Waals surface area contributed by atoms with Crippen molar-refractivity contribution in [1.29, 1.82) is 0 Å². The fourth-order valence-corrected chi connectivity index (χ4v) is 2.42. The number of anilines is 1. The molecule has 2 rings (SSSR count). The van der Waals surface area contributed by atoms with Crippen molar-refractivity contribution in [2.45, 2.75) is 20.8 Å². The van der Waals surface area contributed by atoms with Crippen molar-refractivity contribution >= 4 is 22.9 Å². The molecule has 0 spiro atoms. The Morgan fingerprint density at radius 3 is 2.71 bits per heavy atom. The summed E-state index contributed by atoms with van der Waals surface area (Å²) in [6, 6.07) is 3.64. The minimum atomic E-state index is -0.0579. The summed E-state index contributed by atoms with van der Waals surface area (Å²) in [5.74, 6) is -0.0579. The van der Waals surface area contributed by atoms with Crippen LogP contribution in [0.1, 0.15) is 26.5 Å². The summed E-state index contributed by atoms with van der Waals surface area (Å²) in [4.78, 5) is 17.3. The SMILES string of the molecule is Cc1cc(NC(=O)c2csc(C)c2C)ccn1. The van der Waals surface area contributed by atoms with E-state index in [-0.39, 0.29) is 5.91 Å². The zero-order valence-corrected chi connectivity index (χ0v) is 10.9. The summed E-state index contributed by atoms with van der Waals surface area (Å²) in [6.45, 7) is 5.89. The monoisotopic (exact) mass is 246 g/mol. The fraction of sp³-hybridized carbons (Fsp3) is 0.231. The third-order valence-electron chi connectivity index (χ3n) is 2.68. The van der Waals surface area contributed by atoms with Crippen LogP contribution in [0.15, 0.2) is 23.7 Å². The molecule has 2 aromatic heterocycles. The number of carbonyl (C=O) groups excluding carboxylic acids is 1. The van der Waals surface area contributed by atoms with Gasteiger partial charge in [0.05, 0.1) is 5.56 Å². The molecule has 1 amide bonds. The van der Waals surface area contributed by atoms with E-state index in [2.05, 4.69) is 10.3 Å². The van der Waals surface area contributed by atoms with E-state index in [0.717, 1.165) is 22.5 Å². The molecule has 0 aliphatic rings. The molecule has 0 fully saturated rings. The number of hydrogen-bond donors (Lipinski definition) is 1. The van der Waals surface area contributed by atoms with E-state index in [9.17, 15) is 4.79 Å². The first-order valence-electron chi connectivity index (χ1n) is 5.36. The van der Waals surface area contributed by atoms with Crippen LogP contribution in [-0.2, 0) is 0 Å². The Morgan fingerprint density at radius 2 is 2.12 bits per heavy atom. The predicted molar refractivity (Wildman–Crippen MR) is 70.7 cm³/mol. The van der Waals surface area contributed by atoms with E-state index >= 15 is 0 Å². The van der Waals surface area contributed by atoms with Gasteiger partial charge in [0.2, 0.25) is 0 Å². The highest BCUT2D eigenvalue weighted by Crippen LogP contribution is 2.21. The first-order valence-corrected chi connectivity index (χ1v) is 6.24. The van der Waals surface area contributed by atoms with Crippen molar-refractivity contribution in [3.05, 3.63) is 45.4 Å². The maximum Gasteiger partial charge on any atom is 0.256 e. The Bertz CT molecular complexity index is 560. The molecule has 0 radical (unpaired) electrons. The molecule has 88 valence electrons. The molecule has 0 atom stereocenters. The van der Waals surface area contributed by atoms with Crippen molar-refractivity contribution < 1.29 is 4.79 Å². The van der Waals surface area contributed by atoms with Gasteiger partial charge in [-0.3, -0.25) is 9.78 Å². The number of amides is 1. The zero-order chi connectivity index (χ0) is 12.4.